The van der Waals surface area contributed by atoms with Gasteiger partial charge in [0.1, 0.15) is 0 Å². The molecule has 0 saturated heterocycles. The number of rotatable bonds is 1. The van der Waals surface area contributed by atoms with Gasteiger partial charge in [-0.05, 0) is 24.0 Å². The maximum atomic E-state index is 12.1. The van der Waals surface area contributed by atoms with Crippen molar-refractivity contribution in [1.29, 1.82) is 0 Å². The van der Waals surface area contributed by atoms with Crippen LogP contribution in [0.3, 0.4) is 0 Å². The molecule has 0 spiro atoms. The first-order chi connectivity index (χ1) is 5.91. The van der Waals surface area contributed by atoms with Gasteiger partial charge in [0.05, 0.1) is 5.57 Å². The van der Waals surface area contributed by atoms with Crippen LogP contribution in [0.15, 0.2) is 29.0 Å². The van der Waals surface area contributed by atoms with Gasteiger partial charge in [-0.2, -0.15) is 13.2 Å². The lowest BCUT2D eigenvalue weighted by Gasteiger charge is -2.13. The Kier molecular flexibility index (Phi) is 2.67. The summed E-state index contributed by atoms with van der Waals surface area (Å²) in [7, 11) is 0. The zero-order valence-electron chi connectivity index (χ0n) is 7.57. The van der Waals surface area contributed by atoms with Gasteiger partial charge >= 0.3 is 6.18 Å². The first-order valence-electron chi connectivity index (χ1n) is 4.14. The third-order valence-electron chi connectivity index (χ3n) is 1.98. The van der Waals surface area contributed by atoms with Crippen molar-refractivity contribution in [3.05, 3.63) is 29.0 Å². The second-order valence-electron chi connectivity index (χ2n) is 3.33. The van der Waals surface area contributed by atoms with Crippen LogP contribution in [-0.2, 0) is 0 Å². The van der Waals surface area contributed by atoms with E-state index >= 15 is 0 Å². The highest BCUT2D eigenvalue weighted by Crippen LogP contribution is 2.30. The molecule has 0 heterocycles. The van der Waals surface area contributed by atoms with Crippen molar-refractivity contribution in [2.75, 3.05) is 0 Å². The van der Waals surface area contributed by atoms with E-state index in [4.69, 9.17) is 0 Å². The highest BCUT2D eigenvalue weighted by molar-refractivity contribution is 5.31. The molecule has 0 bridgehead atoms. The van der Waals surface area contributed by atoms with Crippen LogP contribution in [0.25, 0.3) is 0 Å². The van der Waals surface area contributed by atoms with Gasteiger partial charge in [-0.25, -0.2) is 0 Å². The molecular weight excluding hydrogens is 177 g/mol. The molecule has 0 aromatic heterocycles. The van der Waals surface area contributed by atoms with Gasteiger partial charge in [-0.1, -0.05) is 19.9 Å². The van der Waals surface area contributed by atoms with Gasteiger partial charge in [0.25, 0.3) is 0 Å². The van der Waals surface area contributed by atoms with Gasteiger partial charge < -0.3 is 0 Å². The smallest absolute Gasteiger partial charge is 0.166 e. The molecule has 0 saturated carbocycles. The SMILES string of the molecule is CC(C)C1=C=CC(C(F)(F)F)=CC1. The van der Waals surface area contributed by atoms with E-state index in [2.05, 4.69) is 5.73 Å². The Morgan fingerprint density at radius 2 is 2.00 bits per heavy atom. The van der Waals surface area contributed by atoms with Crippen molar-refractivity contribution in [2.45, 2.75) is 26.4 Å². The fourth-order valence-corrected chi connectivity index (χ4v) is 1.11. The lowest BCUT2D eigenvalue weighted by Crippen LogP contribution is -2.11. The molecule has 0 N–H and O–H groups in total. The zero-order valence-corrected chi connectivity index (χ0v) is 7.57. The van der Waals surface area contributed by atoms with Crippen LogP contribution < -0.4 is 0 Å². The van der Waals surface area contributed by atoms with Crippen molar-refractivity contribution in [3.8, 4) is 0 Å². The zero-order chi connectivity index (χ0) is 10.1. The number of allylic oxidation sites excluding steroid dienone is 3. The molecule has 0 aromatic carbocycles. The lowest BCUT2D eigenvalue weighted by molar-refractivity contribution is -0.0884. The second kappa shape index (κ2) is 3.43. The molecule has 1 aliphatic carbocycles. The lowest BCUT2D eigenvalue weighted by atomic mass is 9.96. The van der Waals surface area contributed by atoms with Crippen LogP contribution in [0.5, 0.6) is 0 Å². The number of halogens is 3. The second-order valence-corrected chi connectivity index (χ2v) is 3.33. The van der Waals surface area contributed by atoms with Crippen molar-refractivity contribution in [3.63, 3.8) is 0 Å². The first-order valence-corrected chi connectivity index (χ1v) is 4.14. The molecule has 13 heavy (non-hydrogen) atoms. The van der Waals surface area contributed by atoms with Crippen molar-refractivity contribution in [2.24, 2.45) is 5.92 Å². The first kappa shape index (κ1) is 10.1. The summed E-state index contributed by atoms with van der Waals surface area (Å²) in [5.74, 6) is 0.266. The topological polar surface area (TPSA) is 0 Å². The number of hydrogen-bond donors (Lipinski definition) is 0. The van der Waals surface area contributed by atoms with E-state index < -0.39 is 11.7 Å². The highest BCUT2D eigenvalue weighted by Gasteiger charge is 2.32. The Morgan fingerprint density at radius 1 is 1.38 bits per heavy atom. The Bertz CT molecular complexity index is 286. The Hall–Kier alpha value is -0.950. The van der Waals surface area contributed by atoms with E-state index in [0.29, 0.717) is 6.42 Å². The van der Waals surface area contributed by atoms with Crippen LogP contribution >= 0.6 is 0 Å². The van der Waals surface area contributed by atoms with Crippen LogP contribution in [-0.4, -0.2) is 6.18 Å². The van der Waals surface area contributed by atoms with Gasteiger partial charge in [-0.3, -0.25) is 0 Å². The van der Waals surface area contributed by atoms with Crippen LogP contribution in [0.4, 0.5) is 13.2 Å². The summed E-state index contributed by atoms with van der Waals surface area (Å²) in [5.41, 5.74) is 3.02. The highest BCUT2D eigenvalue weighted by atomic mass is 19.4. The summed E-state index contributed by atoms with van der Waals surface area (Å²) in [6, 6.07) is 0. The fraction of sp³-hybridized carbons (Fsp3) is 0.500. The summed E-state index contributed by atoms with van der Waals surface area (Å²) in [6.07, 6.45) is -1.62. The molecule has 0 aromatic rings. The minimum Gasteiger partial charge on any atom is -0.166 e. The third-order valence-corrected chi connectivity index (χ3v) is 1.98. The van der Waals surface area contributed by atoms with Gasteiger partial charge in [0, 0.05) is 0 Å². The quantitative estimate of drug-likeness (QED) is 0.551. The van der Waals surface area contributed by atoms with E-state index in [1.165, 1.54) is 6.08 Å². The molecule has 0 amide bonds. The Morgan fingerprint density at radius 3 is 2.31 bits per heavy atom. The summed E-state index contributed by atoms with van der Waals surface area (Å²) in [6.45, 7) is 3.89. The molecule has 3 heteroatoms. The molecule has 1 aliphatic rings. The number of hydrogen-bond acceptors (Lipinski definition) is 0. The molecular formula is C10H11F3. The summed E-state index contributed by atoms with van der Waals surface area (Å²) in [4.78, 5) is 0. The van der Waals surface area contributed by atoms with E-state index in [1.54, 1.807) is 0 Å². The van der Waals surface area contributed by atoms with Crippen molar-refractivity contribution in [1.82, 2.24) is 0 Å². The molecule has 0 unspecified atom stereocenters. The van der Waals surface area contributed by atoms with Crippen LogP contribution in [0, 0.1) is 5.92 Å². The molecule has 0 atom stereocenters. The van der Waals surface area contributed by atoms with Crippen LogP contribution in [0.1, 0.15) is 20.3 Å². The largest absolute Gasteiger partial charge is 0.416 e. The van der Waals surface area contributed by atoms with Gasteiger partial charge in [-0.15, -0.1) is 5.73 Å². The van der Waals surface area contributed by atoms with Gasteiger partial charge in [0.15, 0.2) is 0 Å². The molecule has 72 valence electrons. The van der Waals surface area contributed by atoms with Crippen molar-refractivity contribution >= 4 is 0 Å². The van der Waals surface area contributed by atoms with E-state index in [-0.39, 0.29) is 5.92 Å². The van der Waals surface area contributed by atoms with Gasteiger partial charge in [0.2, 0.25) is 0 Å². The maximum absolute atomic E-state index is 12.1. The predicted molar refractivity (Wildman–Crippen MR) is 45.2 cm³/mol. The van der Waals surface area contributed by atoms with E-state index in [0.717, 1.165) is 11.6 Å². The molecule has 0 radical (unpaired) electrons. The molecule has 1 rings (SSSR count). The third kappa shape index (κ3) is 2.49. The normalized spacial score (nSPS) is 17.4. The summed E-state index contributed by atoms with van der Waals surface area (Å²) < 4.78 is 36.4. The van der Waals surface area contributed by atoms with E-state index in [1.807, 2.05) is 13.8 Å². The standard InChI is InChI=1S/C10H11F3/c1-7(2)8-3-5-9(6-4-8)10(11,12)13/h5-7H,3H2,1-2H3. The summed E-state index contributed by atoms with van der Waals surface area (Å²) >= 11 is 0. The molecule has 0 nitrogen and oxygen atoms in total. The predicted octanol–water partition coefficient (Wildman–Crippen LogP) is 3.62. The Labute approximate surface area is 75.4 Å². The minimum absolute atomic E-state index is 0.266. The Balaban J connectivity index is 2.86. The van der Waals surface area contributed by atoms with Crippen molar-refractivity contribution < 1.29 is 13.2 Å². The summed E-state index contributed by atoms with van der Waals surface area (Å²) in [5, 5.41) is 0. The number of alkyl halides is 3. The average Bonchev–Trinajstić information content (AvgIpc) is 2.03. The molecule has 0 fully saturated rings. The minimum atomic E-state index is -4.23. The van der Waals surface area contributed by atoms with E-state index in [9.17, 15) is 13.2 Å². The molecule has 0 aliphatic heterocycles. The van der Waals surface area contributed by atoms with Crippen LogP contribution in [0.2, 0.25) is 0 Å². The monoisotopic (exact) mass is 188 g/mol. The fourth-order valence-electron chi connectivity index (χ4n) is 1.11. The average molecular weight is 188 g/mol. The maximum Gasteiger partial charge on any atom is 0.416 e.